The summed E-state index contributed by atoms with van der Waals surface area (Å²) < 4.78 is 7.86. The molecule has 144 valence electrons. The summed E-state index contributed by atoms with van der Waals surface area (Å²) in [5.74, 6) is 1.72. The molecule has 1 aliphatic rings. The maximum Gasteiger partial charge on any atom is 0.255 e. The van der Waals surface area contributed by atoms with E-state index in [9.17, 15) is 4.79 Å². The molecular formula is C23H25N3O2. The van der Waals surface area contributed by atoms with Gasteiger partial charge in [0.25, 0.3) is 5.91 Å². The first-order valence-electron chi connectivity index (χ1n) is 9.93. The van der Waals surface area contributed by atoms with Gasteiger partial charge in [-0.1, -0.05) is 25.1 Å². The van der Waals surface area contributed by atoms with E-state index >= 15 is 0 Å². The molecule has 1 aromatic heterocycles. The summed E-state index contributed by atoms with van der Waals surface area (Å²) in [7, 11) is 0. The van der Waals surface area contributed by atoms with Crippen molar-refractivity contribution < 1.29 is 9.53 Å². The van der Waals surface area contributed by atoms with Crippen LogP contribution in [0.25, 0.3) is 11.3 Å². The Kier molecular flexibility index (Phi) is 5.42. The Balaban J connectivity index is 1.50. The van der Waals surface area contributed by atoms with Gasteiger partial charge in [0.05, 0.1) is 12.3 Å². The second-order valence-corrected chi connectivity index (χ2v) is 7.10. The van der Waals surface area contributed by atoms with E-state index in [0.717, 1.165) is 42.2 Å². The fourth-order valence-electron chi connectivity index (χ4n) is 3.46. The Labute approximate surface area is 165 Å². The van der Waals surface area contributed by atoms with Crippen molar-refractivity contribution in [2.75, 3.05) is 11.9 Å². The summed E-state index contributed by atoms with van der Waals surface area (Å²) in [5, 5.41) is 2.98. The third-order valence-corrected chi connectivity index (χ3v) is 4.89. The van der Waals surface area contributed by atoms with Gasteiger partial charge in [0, 0.05) is 36.0 Å². The van der Waals surface area contributed by atoms with Crippen LogP contribution in [0.5, 0.6) is 5.75 Å². The van der Waals surface area contributed by atoms with Crippen LogP contribution in [0.2, 0.25) is 0 Å². The number of amides is 1. The van der Waals surface area contributed by atoms with Gasteiger partial charge in [-0.3, -0.25) is 4.79 Å². The fourth-order valence-corrected chi connectivity index (χ4v) is 3.46. The maximum atomic E-state index is 12.7. The second kappa shape index (κ2) is 8.30. The standard InChI is InChI=1S/C23H25N3O2/c1-2-13-28-20-10-6-8-18(15-20)23(27)24-19-9-5-7-17(14-19)21-16-26-12-4-3-11-22(26)25-21/h5-10,14-16H,2-4,11-13H2,1H3,(H,24,27). The van der Waals surface area contributed by atoms with Gasteiger partial charge < -0.3 is 14.6 Å². The van der Waals surface area contributed by atoms with E-state index in [2.05, 4.69) is 23.0 Å². The van der Waals surface area contributed by atoms with E-state index in [1.165, 1.54) is 12.8 Å². The van der Waals surface area contributed by atoms with Crippen molar-refractivity contribution in [1.29, 1.82) is 0 Å². The quantitative estimate of drug-likeness (QED) is 0.665. The Morgan fingerprint density at radius 1 is 1.18 bits per heavy atom. The first-order chi connectivity index (χ1) is 13.7. The summed E-state index contributed by atoms with van der Waals surface area (Å²) in [6.45, 7) is 3.73. The zero-order valence-corrected chi connectivity index (χ0v) is 16.1. The highest BCUT2D eigenvalue weighted by atomic mass is 16.5. The largest absolute Gasteiger partial charge is 0.494 e. The van der Waals surface area contributed by atoms with Gasteiger partial charge in [-0.2, -0.15) is 0 Å². The van der Waals surface area contributed by atoms with Gasteiger partial charge in [-0.15, -0.1) is 0 Å². The third-order valence-electron chi connectivity index (χ3n) is 4.89. The summed E-state index contributed by atoms with van der Waals surface area (Å²) in [4.78, 5) is 17.4. The average Bonchev–Trinajstić information content (AvgIpc) is 3.17. The smallest absolute Gasteiger partial charge is 0.255 e. The molecule has 5 heteroatoms. The number of anilines is 1. The first kappa shape index (κ1) is 18.3. The lowest BCUT2D eigenvalue weighted by atomic mass is 10.1. The summed E-state index contributed by atoms with van der Waals surface area (Å²) in [6.07, 6.45) is 6.49. The molecule has 0 fully saturated rings. The molecule has 0 atom stereocenters. The molecule has 2 heterocycles. The molecule has 28 heavy (non-hydrogen) atoms. The van der Waals surface area contributed by atoms with Gasteiger partial charge in [0.1, 0.15) is 11.6 Å². The van der Waals surface area contributed by atoms with Crippen molar-refractivity contribution >= 4 is 11.6 Å². The number of hydrogen-bond acceptors (Lipinski definition) is 3. The molecule has 2 aromatic carbocycles. The number of imidazole rings is 1. The molecule has 1 amide bonds. The topological polar surface area (TPSA) is 56.1 Å². The van der Waals surface area contributed by atoms with Gasteiger partial charge in [-0.05, 0) is 49.6 Å². The third kappa shape index (κ3) is 4.09. The highest BCUT2D eigenvalue weighted by Crippen LogP contribution is 2.25. The highest BCUT2D eigenvalue weighted by Gasteiger charge is 2.14. The summed E-state index contributed by atoms with van der Waals surface area (Å²) >= 11 is 0. The van der Waals surface area contributed by atoms with Crippen molar-refractivity contribution in [3.05, 3.63) is 66.1 Å². The van der Waals surface area contributed by atoms with E-state index in [1.54, 1.807) is 12.1 Å². The maximum absolute atomic E-state index is 12.7. The second-order valence-electron chi connectivity index (χ2n) is 7.10. The van der Waals surface area contributed by atoms with Crippen molar-refractivity contribution in [3.8, 4) is 17.0 Å². The molecule has 5 nitrogen and oxygen atoms in total. The number of benzene rings is 2. The number of nitrogens with one attached hydrogen (secondary N) is 1. The molecule has 0 unspecified atom stereocenters. The van der Waals surface area contributed by atoms with Gasteiger partial charge in [0.2, 0.25) is 0 Å². The van der Waals surface area contributed by atoms with Crippen LogP contribution in [0.1, 0.15) is 42.4 Å². The van der Waals surface area contributed by atoms with E-state index in [-0.39, 0.29) is 5.91 Å². The van der Waals surface area contributed by atoms with Crippen LogP contribution in [0.3, 0.4) is 0 Å². The van der Waals surface area contributed by atoms with Crippen LogP contribution in [0, 0.1) is 0 Å². The van der Waals surface area contributed by atoms with E-state index in [4.69, 9.17) is 9.72 Å². The predicted octanol–water partition coefficient (Wildman–Crippen LogP) is 4.93. The molecule has 0 radical (unpaired) electrons. The molecule has 0 bridgehead atoms. The molecule has 0 spiro atoms. The van der Waals surface area contributed by atoms with Crippen LogP contribution in [-0.2, 0) is 13.0 Å². The fraction of sp³-hybridized carbons (Fsp3) is 0.304. The number of rotatable bonds is 6. The van der Waals surface area contributed by atoms with Crippen molar-refractivity contribution in [2.24, 2.45) is 0 Å². The number of fused-ring (bicyclic) bond motifs is 1. The molecular weight excluding hydrogens is 350 g/mol. The minimum Gasteiger partial charge on any atom is -0.494 e. The van der Waals surface area contributed by atoms with Crippen molar-refractivity contribution in [1.82, 2.24) is 9.55 Å². The number of ether oxygens (including phenoxy) is 1. The minimum absolute atomic E-state index is 0.150. The van der Waals surface area contributed by atoms with Gasteiger partial charge in [-0.25, -0.2) is 4.98 Å². The highest BCUT2D eigenvalue weighted by molar-refractivity contribution is 6.04. The molecule has 3 aromatic rings. The zero-order chi connectivity index (χ0) is 19.3. The number of nitrogens with zero attached hydrogens (tertiary/aromatic N) is 2. The lowest BCUT2D eigenvalue weighted by Crippen LogP contribution is -2.12. The molecule has 0 saturated heterocycles. The predicted molar refractivity (Wildman–Crippen MR) is 111 cm³/mol. The first-order valence-corrected chi connectivity index (χ1v) is 9.93. The molecule has 0 aliphatic carbocycles. The molecule has 4 rings (SSSR count). The Hall–Kier alpha value is -3.08. The Morgan fingerprint density at radius 3 is 2.93 bits per heavy atom. The Bertz CT molecular complexity index is 954. The number of aryl methyl sites for hydroxylation is 2. The number of carbonyl (C=O) groups is 1. The summed E-state index contributed by atoms with van der Waals surface area (Å²) in [6, 6.07) is 15.1. The number of carbonyl (C=O) groups excluding carboxylic acids is 1. The number of aromatic nitrogens is 2. The molecule has 1 N–H and O–H groups in total. The Morgan fingerprint density at radius 2 is 2.07 bits per heavy atom. The van der Waals surface area contributed by atoms with E-state index < -0.39 is 0 Å². The van der Waals surface area contributed by atoms with Crippen LogP contribution in [0.15, 0.2) is 54.7 Å². The molecule has 1 aliphatic heterocycles. The van der Waals surface area contributed by atoms with E-state index in [0.29, 0.717) is 17.9 Å². The average molecular weight is 375 g/mol. The lowest BCUT2D eigenvalue weighted by molar-refractivity contribution is 0.102. The lowest BCUT2D eigenvalue weighted by Gasteiger charge is -2.11. The normalized spacial score (nSPS) is 13.0. The van der Waals surface area contributed by atoms with Crippen molar-refractivity contribution in [3.63, 3.8) is 0 Å². The van der Waals surface area contributed by atoms with Crippen LogP contribution in [-0.4, -0.2) is 22.1 Å². The van der Waals surface area contributed by atoms with Crippen LogP contribution >= 0.6 is 0 Å². The van der Waals surface area contributed by atoms with Crippen LogP contribution < -0.4 is 10.1 Å². The minimum atomic E-state index is -0.150. The summed E-state index contributed by atoms with van der Waals surface area (Å²) in [5.41, 5.74) is 3.31. The van der Waals surface area contributed by atoms with Gasteiger partial charge >= 0.3 is 0 Å². The van der Waals surface area contributed by atoms with Crippen LogP contribution in [0.4, 0.5) is 5.69 Å². The van der Waals surface area contributed by atoms with Gasteiger partial charge in [0.15, 0.2) is 0 Å². The monoisotopic (exact) mass is 375 g/mol. The molecule has 0 saturated carbocycles. The zero-order valence-electron chi connectivity index (χ0n) is 16.1. The van der Waals surface area contributed by atoms with E-state index in [1.807, 2.05) is 36.4 Å². The SMILES string of the molecule is CCCOc1cccc(C(=O)Nc2cccc(-c3cn4c(n3)CCCC4)c2)c1. The number of hydrogen-bond donors (Lipinski definition) is 1. The van der Waals surface area contributed by atoms with Crippen molar-refractivity contribution in [2.45, 2.75) is 39.2 Å².